The zero-order valence-corrected chi connectivity index (χ0v) is 15.7. The van der Waals surface area contributed by atoms with Crippen molar-refractivity contribution in [2.45, 2.75) is 39.5 Å². The monoisotopic (exact) mass is 356 g/mol. The van der Waals surface area contributed by atoms with Crippen molar-refractivity contribution in [2.75, 3.05) is 0 Å². The largest absolute Gasteiger partial charge is 0.323 e. The molecule has 124 valence electrons. The van der Waals surface area contributed by atoms with Crippen LogP contribution in [0.4, 0.5) is 0 Å². The minimum absolute atomic E-state index is 0.00218. The van der Waals surface area contributed by atoms with Gasteiger partial charge in [0.15, 0.2) is 4.77 Å². The molecule has 1 aliphatic rings. The Bertz CT molecular complexity index is 1040. The second kappa shape index (κ2) is 5.39. The van der Waals surface area contributed by atoms with Gasteiger partial charge < -0.3 is 4.98 Å². The first-order valence-corrected chi connectivity index (χ1v) is 9.46. The van der Waals surface area contributed by atoms with Crippen molar-refractivity contribution in [3.05, 3.63) is 55.9 Å². The van der Waals surface area contributed by atoms with Crippen LogP contribution in [-0.2, 0) is 6.42 Å². The molecule has 1 atom stereocenters. The predicted molar refractivity (Wildman–Crippen MR) is 103 cm³/mol. The predicted octanol–water partition coefficient (Wildman–Crippen LogP) is 5.19. The minimum Gasteiger partial charge on any atom is -0.323 e. The first-order valence-electron chi connectivity index (χ1n) is 8.23. The average Bonchev–Trinajstić information content (AvgIpc) is 2.85. The molecular formula is C19H20N2OS2. The number of thiophene rings is 1. The van der Waals surface area contributed by atoms with Crippen LogP contribution in [0.3, 0.4) is 0 Å². The van der Waals surface area contributed by atoms with E-state index in [1.807, 2.05) is 30.3 Å². The van der Waals surface area contributed by atoms with E-state index in [0.717, 1.165) is 28.7 Å². The standard InChI is InChI=1S/C19H20N2OS2/c1-11-9-19(2,3)10-13-14-16(24-15(11)13)20-18(23)21(17(14)22)12-7-5-4-6-8-12/h4-8,11H,9-10H2,1-3H3,(H,20,23)/t11-/m0/s1. The quantitative estimate of drug-likeness (QED) is 0.610. The molecular weight excluding hydrogens is 336 g/mol. The van der Waals surface area contributed by atoms with E-state index < -0.39 is 0 Å². The number of nitrogens with one attached hydrogen (secondary N) is 1. The van der Waals surface area contributed by atoms with Crippen molar-refractivity contribution in [1.29, 1.82) is 0 Å². The maximum absolute atomic E-state index is 13.3. The molecule has 0 amide bonds. The molecule has 0 fully saturated rings. The Kier molecular flexibility index (Phi) is 3.55. The Hall–Kier alpha value is -1.72. The number of benzene rings is 1. The molecule has 1 aliphatic carbocycles. The average molecular weight is 357 g/mol. The van der Waals surface area contributed by atoms with E-state index in [4.69, 9.17) is 12.2 Å². The second-order valence-corrected chi connectivity index (χ2v) is 8.94. The normalized spacial score (nSPS) is 19.4. The fourth-order valence-corrected chi connectivity index (χ4v) is 5.63. The Labute approximate surface area is 150 Å². The molecule has 2 aromatic heterocycles. The van der Waals surface area contributed by atoms with Gasteiger partial charge in [-0.1, -0.05) is 39.0 Å². The highest BCUT2D eigenvalue weighted by Crippen LogP contribution is 2.47. The van der Waals surface area contributed by atoms with Crippen molar-refractivity contribution in [2.24, 2.45) is 5.41 Å². The Balaban J connectivity index is 2.07. The molecule has 1 aromatic carbocycles. The third-order valence-electron chi connectivity index (χ3n) is 4.85. The van der Waals surface area contributed by atoms with Gasteiger partial charge >= 0.3 is 0 Å². The summed E-state index contributed by atoms with van der Waals surface area (Å²) in [4.78, 5) is 18.9. The molecule has 5 heteroatoms. The van der Waals surface area contributed by atoms with Gasteiger partial charge in [-0.15, -0.1) is 11.3 Å². The molecule has 0 bridgehead atoms. The van der Waals surface area contributed by atoms with Crippen molar-refractivity contribution in [3.8, 4) is 5.69 Å². The number of nitrogens with zero attached hydrogens (tertiary/aromatic N) is 1. The molecule has 0 saturated carbocycles. The molecule has 0 unspecified atom stereocenters. The zero-order chi connectivity index (χ0) is 17.1. The van der Waals surface area contributed by atoms with Gasteiger partial charge in [-0.25, -0.2) is 0 Å². The van der Waals surface area contributed by atoms with Gasteiger partial charge in [0.1, 0.15) is 4.83 Å². The summed E-state index contributed by atoms with van der Waals surface area (Å²) in [5.41, 5.74) is 2.26. The van der Waals surface area contributed by atoms with Crippen LogP contribution in [-0.4, -0.2) is 9.55 Å². The highest BCUT2D eigenvalue weighted by atomic mass is 32.1. The van der Waals surface area contributed by atoms with Gasteiger partial charge in [0.2, 0.25) is 0 Å². The maximum atomic E-state index is 13.3. The second-order valence-electron chi connectivity index (χ2n) is 7.50. The van der Waals surface area contributed by atoms with E-state index in [2.05, 4.69) is 25.8 Å². The summed E-state index contributed by atoms with van der Waals surface area (Å²) in [5.74, 6) is 0.479. The van der Waals surface area contributed by atoms with Gasteiger partial charge in [0.25, 0.3) is 5.56 Å². The van der Waals surface area contributed by atoms with Gasteiger partial charge in [-0.2, -0.15) is 0 Å². The number of hydrogen-bond acceptors (Lipinski definition) is 3. The third kappa shape index (κ3) is 2.38. The van der Waals surface area contributed by atoms with E-state index >= 15 is 0 Å². The number of para-hydroxylation sites is 1. The third-order valence-corrected chi connectivity index (χ3v) is 6.52. The summed E-state index contributed by atoms with van der Waals surface area (Å²) < 4.78 is 2.08. The van der Waals surface area contributed by atoms with Crippen LogP contribution in [0.5, 0.6) is 0 Å². The van der Waals surface area contributed by atoms with Crippen molar-refractivity contribution in [3.63, 3.8) is 0 Å². The Morgan fingerprint density at radius 2 is 2.00 bits per heavy atom. The van der Waals surface area contributed by atoms with Gasteiger partial charge in [0, 0.05) is 4.88 Å². The van der Waals surface area contributed by atoms with Crippen LogP contribution in [0.1, 0.15) is 43.6 Å². The molecule has 24 heavy (non-hydrogen) atoms. The topological polar surface area (TPSA) is 37.8 Å². The van der Waals surface area contributed by atoms with Crippen LogP contribution in [0.2, 0.25) is 0 Å². The number of hydrogen-bond donors (Lipinski definition) is 1. The Morgan fingerprint density at radius 1 is 1.29 bits per heavy atom. The highest BCUT2D eigenvalue weighted by molar-refractivity contribution is 7.71. The van der Waals surface area contributed by atoms with E-state index in [0.29, 0.717) is 10.7 Å². The molecule has 2 heterocycles. The van der Waals surface area contributed by atoms with E-state index in [1.54, 1.807) is 15.9 Å². The van der Waals surface area contributed by atoms with Crippen LogP contribution in [0.15, 0.2) is 35.1 Å². The lowest BCUT2D eigenvalue weighted by molar-refractivity contribution is 0.292. The molecule has 0 radical (unpaired) electrons. The fourth-order valence-electron chi connectivity index (χ4n) is 4.01. The summed E-state index contributed by atoms with van der Waals surface area (Å²) in [7, 11) is 0. The molecule has 0 saturated heterocycles. The van der Waals surface area contributed by atoms with E-state index in [9.17, 15) is 4.79 Å². The molecule has 0 aliphatic heterocycles. The van der Waals surface area contributed by atoms with Crippen molar-refractivity contribution in [1.82, 2.24) is 9.55 Å². The Morgan fingerprint density at radius 3 is 2.71 bits per heavy atom. The van der Waals surface area contributed by atoms with Crippen LogP contribution < -0.4 is 5.56 Å². The first-order chi connectivity index (χ1) is 11.4. The van der Waals surface area contributed by atoms with E-state index in [-0.39, 0.29) is 11.0 Å². The minimum atomic E-state index is 0.00218. The SMILES string of the molecule is C[C@H]1CC(C)(C)Cc2c1sc1[nH]c(=S)n(-c3ccccc3)c(=O)c21. The maximum Gasteiger partial charge on any atom is 0.267 e. The highest BCUT2D eigenvalue weighted by Gasteiger charge is 2.34. The lowest BCUT2D eigenvalue weighted by Gasteiger charge is -2.33. The van der Waals surface area contributed by atoms with Gasteiger partial charge in [0.05, 0.1) is 11.1 Å². The summed E-state index contributed by atoms with van der Waals surface area (Å²) in [5, 5.41) is 0.826. The van der Waals surface area contributed by atoms with Crippen LogP contribution >= 0.6 is 23.6 Å². The lowest BCUT2D eigenvalue weighted by atomic mass is 9.72. The summed E-state index contributed by atoms with van der Waals surface area (Å²) in [6.45, 7) is 6.84. The van der Waals surface area contributed by atoms with Crippen molar-refractivity contribution >= 4 is 33.8 Å². The number of aromatic nitrogens is 2. The van der Waals surface area contributed by atoms with Crippen LogP contribution in [0, 0.1) is 10.2 Å². The summed E-state index contributed by atoms with van der Waals surface area (Å²) >= 11 is 7.18. The van der Waals surface area contributed by atoms with E-state index in [1.165, 1.54) is 10.4 Å². The van der Waals surface area contributed by atoms with Crippen molar-refractivity contribution < 1.29 is 0 Å². The van der Waals surface area contributed by atoms with Gasteiger partial charge in [-0.3, -0.25) is 9.36 Å². The summed E-state index contributed by atoms with van der Waals surface area (Å²) in [6, 6.07) is 9.63. The molecule has 1 N–H and O–H groups in total. The smallest absolute Gasteiger partial charge is 0.267 e. The van der Waals surface area contributed by atoms with Gasteiger partial charge in [-0.05, 0) is 54.1 Å². The molecule has 0 spiro atoms. The number of rotatable bonds is 1. The number of H-pyrrole nitrogens is 1. The lowest BCUT2D eigenvalue weighted by Crippen LogP contribution is -2.26. The molecule has 4 rings (SSSR count). The first kappa shape index (κ1) is 15.8. The zero-order valence-electron chi connectivity index (χ0n) is 14.1. The number of fused-ring (bicyclic) bond motifs is 3. The molecule has 3 aromatic rings. The molecule has 3 nitrogen and oxygen atoms in total. The fraction of sp³-hybridized carbons (Fsp3) is 0.368. The van der Waals surface area contributed by atoms with Crippen LogP contribution in [0.25, 0.3) is 15.9 Å². The number of aromatic amines is 1. The summed E-state index contributed by atoms with van der Waals surface area (Å²) in [6.07, 6.45) is 2.10.